The van der Waals surface area contributed by atoms with Crippen LogP contribution in [0.2, 0.25) is 0 Å². The van der Waals surface area contributed by atoms with Crippen LogP contribution in [0.5, 0.6) is 0 Å². The van der Waals surface area contributed by atoms with Crippen molar-refractivity contribution in [2.45, 2.75) is 6.43 Å². The first-order chi connectivity index (χ1) is 11.7. The summed E-state index contributed by atoms with van der Waals surface area (Å²) in [6.07, 6.45) is -2.41. The van der Waals surface area contributed by atoms with Crippen molar-refractivity contribution in [3.63, 3.8) is 0 Å². The minimum atomic E-state index is -2.83. The number of aldehydes is 1. The lowest BCUT2D eigenvalue weighted by Gasteiger charge is -1.99. The zero-order valence-corrected chi connectivity index (χ0v) is 12.1. The lowest BCUT2D eigenvalue weighted by Crippen LogP contribution is -1.94. The van der Waals surface area contributed by atoms with E-state index < -0.39 is 44.8 Å². The SMILES string of the molecule is O=Cc1ccc(F)c([N+](=O)[O-])c1.O=[N+]([O-])c1cc(C(F)F)ccc1F. The molecule has 0 radical (unpaired) electrons. The molecule has 11 heteroatoms. The molecule has 2 aromatic carbocycles. The first kappa shape index (κ1) is 19.7. The monoisotopic (exact) mass is 360 g/mol. The largest absolute Gasteiger partial charge is 0.305 e. The van der Waals surface area contributed by atoms with Crippen LogP contribution in [-0.2, 0) is 0 Å². The molecule has 7 nitrogen and oxygen atoms in total. The van der Waals surface area contributed by atoms with Crippen LogP contribution in [-0.4, -0.2) is 16.1 Å². The summed E-state index contributed by atoms with van der Waals surface area (Å²) in [5, 5.41) is 20.3. The molecule has 132 valence electrons. The molecule has 0 fully saturated rings. The fourth-order valence-electron chi connectivity index (χ4n) is 1.55. The van der Waals surface area contributed by atoms with Gasteiger partial charge in [0.15, 0.2) is 0 Å². The second-order valence-electron chi connectivity index (χ2n) is 4.35. The average molecular weight is 360 g/mol. The molecule has 0 heterocycles. The molecule has 0 aliphatic rings. The minimum Gasteiger partial charge on any atom is -0.298 e. The van der Waals surface area contributed by atoms with E-state index in [0.717, 1.165) is 18.2 Å². The molecule has 0 spiro atoms. The highest BCUT2D eigenvalue weighted by molar-refractivity contribution is 5.76. The first-order valence-electron chi connectivity index (χ1n) is 6.28. The third-order valence-corrected chi connectivity index (χ3v) is 2.72. The number of hydrogen-bond donors (Lipinski definition) is 0. The number of alkyl halides is 2. The third-order valence-electron chi connectivity index (χ3n) is 2.72. The molecule has 2 aromatic rings. The highest BCUT2D eigenvalue weighted by Gasteiger charge is 2.17. The van der Waals surface area contributed by atoms with E-state index in [9.17, 15) is 42.6 Å². The van der Waals surface area contributed by atoms with Gasteiger partial charge in [0.05, 0.1) is 9.85 Å². The number of nitro groups is 2. The Bertz CT molecular complexity index is 814. The fraction of sp³-hybridized carbons (Fsp3) is 0.0714. The van der Waals surface area contributed by atoms with Crippen molar-refractivity contribution in [1.82, 2.24) is 0 Å². The molecule has 0 aromatic heterocycles. The van der Waals surface area contributed by atoms with Crippen molar-refractivity contribution in [2.75, 3.05) is 0 Å². The van der Waals surface area contributed by atoms with Crippen molar-refractivity contribution < 1.29 is 32.2 Å². The molecule has 2 rings (SSSR count). The second kappa shape index (κ2) is 8.47. The Morgan fingerprint density at radius 2 is 1.36 bits per heavy atom. The molecule has 0 saturated heterocycles. The molecule has 0 N–H and O–H groups in total. The maximum absolute atomic E-state index is 12.6. The number of carbonyl (C=O) groups excluding carboxylic acids is 1. The summed E-state index contributed by atoms with van der Waals surface area (Å²) in [6, 6.07) is 4.95. The summed E-state index contributed by atoms with van der Waals surface area (Å²) in [5.74, 6) is -2.06. The molecule has 25 heavy (non-hydrogen) atoms. The van der Waals surface area contributed by atoms with Gasteiger partial charge in [0, 0.05) is 23.3 Å². The van der Waals surface area contributed by atoms with Gasteiger partial charge in [-0.25, -0.2) is 8.78 Å². The number of nitrogens with zero attached hydrogens (tertiary/aromatic N) is 2. The van der Waals surface area contributed by atoms with E-state index >= 15 is 0 Å². The maximum atomic E-state index is 12.6. The Morgan fingerprint density at radius 3 is 1.80 bits per heavy atom. The third kappa shape index (κ3) is 5.34. The van der Waals surface area contributed by atoms with Crippen LogP contribution in [0.25, 0.3) is 0 Å². The van der Waals surface area contributed by atoms with Crippen LogP contribution in [0, 0.1) is 31.9 Å². The van der Waals surface area contributed by atoms with Crippen molar-refractivity contribution in [3.8, 4) is 0 Å². The quantitative estimate of drug-likeness (QED) is 0.351. The number of carbonyl (C=O) groups is 1. The predicted molar refractivity (Wildman–Crippen MR) is 76.5 cm³/mol. The van der Waals surface area contributed by atoms with Crippen molar-refractivity contribution in [1.29, 1.82) is 0 Å². The van der Waals surface area contributed by atoms with Crippen LogP contribution >= 0.6 is 0 Å². The predicted octanol–water partition coefficient (Wildman–Crippen LogP) is 4.22. The van der Waals surface area contributed by atoms with Gasteiger partial charge in [0.2, 0.25) is 11.6 Å². The molecule has 0 bridgehead atoms. The minimum absolute atomic E-state index is 0.0862. The van der Waals surface area contributed by atoms with Gasteiger partial charge in [0.25, 0.3) is 6.43 Å². The van der Waals surface area contributed by atoms with E-state index in [1.54, 1.807) is 0 Å². The van der Waals surface area contributed by atoms with Crippen LogP contribution in [0.1, 0.15) is 22.3 Å². The smallest absolute Gasteiger partial charge is 0.298 e. The summed E-state index contributed by atoms with van der Waals surface area (Å²) < 4.78 is 49.2. The van der Waals surface area contributed by atoms with Crippen LogP contribution in [0.3, 0.4) is 0 Å². The van der Waals surface area contributed by atoms with E-state index in [2.05, 4.69) is 0 Å². The Morgan fingerprint density at radius 1 is 0.880 bits per heavy atom. The summed E-state index contributed by atoms with van der Waals surface area (Å²) in [7, 11) is 0. The maximum Gasteiger partial charge on any atom is 0.305 e. The Labute approximate surface area is 136 Å². The second-order valence-corrected chi connectivity index (χ2v) is 4.35. The molecule has 0 unspecified atom stereocenters. The summed E-state index contributed by atoms with van der Waals surface area (Å²) in [5.41, 5.74) is -2.09. The molecule has 0 amide bonds. The van der Waals surface area contributed by atoms with Gasteiger partial charge in [-0.05, 0) is 24.3 Å². The molecule has 0 aliphatic heterocycles. The van der Waals surface area contributed by atoms with Crippen molar-refractivity contribution >= 4 is 17.7 Å². The van der Waals surface area contributed by atoms with Gasteiger partial charge in [-0.1, -0.05) is 0 Å². The molecular weight excluding hydrogens is 352 g/mol. The Kier molecular flexibility index (Phi) is 6.67. The van der Waals surface area contributed by atoms with Gasteiger partial charge in [-0.2, -0.15) is 8.78 Å². The number of hydrogen-bond acceptors (Lipinski definition) is 5. The van der Waals surface area contributed by atoms with Gasteiger partial charge < -0.3 is 0 Å². The summed E-state index contributed by atoms with van der Waals surface area (Å²) in [4.78, 5) is 28.5. The first-order valence-corrected chi connectivity index (χ1v) is 6.28. The number of benzene rings is 2. The van der Waals surface area contributed by atoms with E-state index in [1.165, 1.54) is 6.07 Å². The van der Waals surface area contributed by atoms with Crippen molar-refractivity contribution in [3.05, 3.63) is 79.4 Å². The van der Waals surface area contributed by atoms with Gasteiger partial charge >= 0.3 is 11.4 Å². The zero-order chi connectivity index (χ0) is 19.1. The number of halogens is 4. The summed E-state index contributed by atoms with van der Waals surface area (Å²) in [6.45, 7) is 0. The van der Waals surface area contributed by atoms with Gasteiger partial charge in [0.1, 0.15) is 6.29 Å². The van der Waals surface area contributed by atoms with Crippen LogP contribution in [0.4, 0.5) is 28.9 Å². The normalized spacial score (nSPS) is 9.96. The lowest BCUT2D eigenvalue weighted by atomic mass is 10.2. The fourth-order valence-corrected chi connectivity index (χ4v) is 1.55. The Hall–Kier alpha value is -3.37. The van der Waals surface area contributed by atoms with Gasteiger partial charge in [-0.3, -0.25) is 25.0 Å². The molecular formula is C14H8F4N2O5. The average Bonchev–Trinajstić information content (AvgIpc) is 2.55. The highest BCUT2D eigenvalue weighted by atomic mass is 19.3. The van der Waals surface area contributed by atoms with E-state index in [1.807, 2.05) is 0 Å². The van der Waals surface area contributed by atoms with Crippen LogP contribution in [0.15, 0.2) is 36.4 Å². The molecule has 0 saturated carbocycles. The topological polar surface area (TPSA) is 103 Å². The van der Waals surface area contributed by atoms with Crippen molar-refractivity contribution in [2.24, 2.45) is 0 Å². The number of rotatable bonds is 4. The Balaban J connectivity index is 0.000000251. The van der Waals surface area contributed by atoms with E-state index in [4.69, 9.17) is 0 Å². The summed E-state index contributed by atoms with van der Waals surface area (Å²) >= 11 is 0. The van der Waals surface area contributed by atoms with Gasteiger partial charge in [-0.15, -0.1) is 0 Å². The van der Waals surface area contributed by atoms with Crippen LogP contribution < -0.4 is 0 Å². The lowest BCUT2D eigenvalue weighted by molar-refractivity contribution is -0.387. The highest BCUT2D eigenvalue weighted by Crippen LogP contribution is 2.25. The molecule has 0 aliphatic carbocycles. The zero-order valence-electron chi connectivity index (χ0n) is 12.1. The number of nitro benzene ring substituents is 2. The standard InChI is InChI=1S/C7H4F3NO2.C7H4FNO3/c8-5-2-1-4(7(9)10)3-6(5)11(12)13;8-6-2-1-5(4-10)3-7(6)9(11)12/h1-3,7H;1-4H. The van der Waals surface area contributed by atoms with E-state index in [0.29, 0.717) is 18.4 Å². The van der Waals surface area contributed by atoms with E-state index in [-0.39, 0.29) is 5.56 Å². The molecule has 0 atom stereocenters.